The Hall–Kier alpha value is -2.69. The Morgan fingerprint density at radius 1 is 1.30 bits per heavy atom. The van der Waals surface area contributed by atoms with Crippen LogP contribution in [-0.2, 0) is 14.8 Å². The molecule has 0 aliphatic rings. The molecule has 142 valence electrons. The minimum Gasteiger partial charge on any atom is -0.484 e. The minimum atomic E-state index is -3.72. The summed E-state index contributed by atoms with van der Waals surface area (Å²) in [6, 6.07) is 9.25. The number of aromatic nitrogens is 2. The molecule has 0 fully saturated rings. The molecule has 1 atom stereocenters. The second-order valence-electron chi connectivity index (χ2n) is 5.64. The zero-order chi connectivity index (χ0) is 19.3. The molecule has 27 heavy (non-hydrogen) atoms. The standard InChI is InChI=1S/C17H18N4O4S2/c18-17(22)11-25-14-2-4-15(5-3-14)27(23,24)20-10-16(13-6-9-26-12-13)21-8-1-7-19-21/h1-9,12,16,20H,10-11H2,(H2,18,22). The van der Waals surface area contributed by atoms with Crippen molar-refractivity contribution in [3.05, 3.63) is 65.1 Å². The molecule has 10 heteroatoms. The molecule has 1 aromatic carbocycles. The number of benzene rings is 1. The molecule has 0 radical (unpaired) electrons. The van der Waals surface area contributed by atoms with Crippen molar-refractivity contribution in [2.75, 3.05) is 13.2 Å². The maximum absolute atomic E-state index is 12.6. The average molecular weight is 406 g/mol. The van der Waals surface area contributed by atoms with E-state index in [2.05, 4.69) is 9.82 Å². The molecule has 2 heterocycles. The first-order chi connectivity index (χ1) is 13.0. The van der Waals surface area contributed by atoms with Gasteiger partial charge in [-0.15, -0.1) is 0 Å². The molecule has 0 bridgehead atoms. The summed E-state index contributed by atoms with van der Waals surface area (Å²) in [5.41, 5.74) is 5.99. The van der Waals surface area contributed by atoms with Crippen LogP contribution in [0.4, 0.5) is 0 Å². The second kappa shape index (κ2) is 8.33. The lowest BCUT2D eigenvalue weighted by Crippen LogP contribution is -2.31. The molecular formula is C17H18N4O4S2. The van der Waals surface area contributed by atoms with E-state index >= 15 is 0 Å². The Morgan fingerprint density at radius 2 is 2.07 bits per heavy atom. The van der Waals surface area contributed by atoms with E-state index in [1.165, 1.54) is 35.6 Å². The number of rotatable bonds is 9. The molecule has 2 aromatic heterocycles. The molecule has 0 saturated heterocycles. The molecule has 8 nitrogen and oxygen atoms in total. The lowest BCUT2D eigenvalue weighted by Gasteiger charge is -2.17. The Balaban J connectivity index is 1.71. The summed E-state index contributed by atoms with van der Waals surface area (Å²) in [7, 11) is -3.72. The van der Waals surface area contributed by atoms with E-state index in [4.69, 9.17) is 10.5 Å². The zero-order valence-electron chi connectivity index (χ0n) is 14.2. The Morgan fingerprint density at radius 3 is 2.67 bits per heavy atom. The third kappa shape index (κ3) is 4.94. The lowest BCUT2D eigenvalue weighted by atomic mass is 10.1. The highest BCUT2D eigenvalue weighted by atomic mass is 32.2. The Kier molecular flexibility index (Phi) is 5.89. The number of hydrogen-bond acceptors (Lipinski definition) is 6. The fraction of sp³-hybridized carbons (Fsp3) is 0.176. The van der Waals surface area contributed by atoms with Crippen LogP contribution in [0.2, 0.25) is 0 Å². The van der Waals surface area contributed by atoms with Crippen molar-refractivity contribution in [1.82, 2.24) is 14.5 Å². The Labute approximate surface area is 160 Å². The van der Waals surface area contributed by atoms with Crippen LogP contribution in [0.15, 0.2) is 64.4 Å². The molecule has 0 spiro atoms. The van der Waals surface area contributed by atoms with Crippen molar-refractivity contribution in [2.24, 2.45) is 5.73 Å². The van der Waals surface area contributed by atoms with Crippen LogP contribution < -0.4 is 15.2 Å². The monoisotopic (exact) mass is 406 g/mol. The van der Waals surface area contributed by atoms with E-state index in [0.717, 1.165) is 5.56 Å². The summed E-state index contributed by atoms with van der Waals surface area (Å²) in [6.45, 7) is -0.114. The number of thiophene rings is 1. The fourth-order valence-corrected chi connectivity index (χ4v) is 4.18. The third-order valence-electron chi connectivity index (χ3n) is 3.75. The van der Waals surface area contributed by atoms with Gasteiger partial charge >= 0.3 is 0 Å². The van der Waals surface area contributed by atoms with Crippen LogP contribution in [0.3, 0.4) is 0 Å². The number of sulfonamides is 1. The van der Waals surface area contributed by atoms with Gasteiger partial charge in [-0.2, -0.15) is 16.4 Å². The van der Waals surface area contributed by atoms with E-state index in [1.807, 2.05) is 16.8 Å². The van der Waals surface area contributed by atoms with Crippen molar-refractivity contribution in [3.63, 3.8) is 0 Å². The summed E-state index contributed by atoms with van der Waals surface area (Å²) in [4.78, 5) is 10.8. The van der Waals surface area contributed by atoms with E-state index in [0.29, 0.717) is 5.75 Å². The third-order valence-corrected chi connectivity index (χ3v) is 5.89. The van der Waals surface area contributed by atoms with Gasteiger partial charge in [0.15, 0.2) is 6.61 Å². The first-order valence-corrected chi connectivity index (χ1v) is 10.4. The molecule has 3 aromatic rings. The fourth-order valence-electron chi connectivity index (χ4n) is 2.44. The Bertz CT molecular complexity index is 934. The normalized spacial score (nSPS) is 12.6. The second-order valence-corrected chi connectivity index (χ2v) is 8.18. The summed E-state index contributed by atoms with van der Waals surface area (Å²) in [6.07, 6.45) is 3.44. The molecule has 1 amide bonds. The van der Waals surface area contributed by atoms with Crippen LogP contribution >= 0.6 is 11.3 Å². The summed E-state index contributed by atoms with van der Waals surface area (Å²) < 4.78 is 34.7. The van der Waals surface area contributed by atoms with Gasteiger partial charge in [0.05, 0.1) is 10.9 Å². The predicted octanol–water partition coefficient (Wildman–Crippen LogP) is 1.38. The first-order valence-electron chi connectivity index (χ1n) is 7.98. The van der Waals surface area contributed by atoms with Crippen molar-refractivity contribution in [2.45, 2.75) is 10.9 Å². The van der Waals surface area contributed by atoms with E-state index in [1.54, 1.807) is 23.1 Å². The summed E-state index contributed by atoms with van der Waals surface area (Å²) in [5.74, 6) is -0.244. The molecule has 0 saturated carbocycles. The van der Waals surface area contributed by atoms with Crippen molar-refractivity contribution in [1.29, 1.82) is 0 Å². The highest BCUT2D eigenvalue weighted by molar-refractivity contribution is 7.89. The smallest absolute Gasteiger partial charge is 0.255 e. The quantitative estimate of drug-likeness (QED) is 0.557. The molecule has 3 rings (SSSR count). The van der Waals surface area contributed by atoms with E-state index in [9.17, 15) is 13.2 Å². The summed E-state index contributed by atoms with van der Waals surface area (Å²) in [5, 5.41) is 8.12. The maximum atomic E-state index is 12.6. The largest absolute Gasteiger partial charge is 0.484 e. The number of nitrogens with zero attached hydrogens (tertiary/aromatic N) is 2. The van der Waals surface area contributed by atoms with Gasteiger partial charge < -0.3 is 10.5 Å². The van der Waals surface area contributed by atoms with Gasteiger partial charge in [-0.05, 0) is 52.7 Å². The van der Waals surface area contributed by atoms with Crippen LogP contribution in [0.25, 0.3) is 0 Å². The summed E-state index contributed by atoms with van der Waals surface area (Å²) >= 11 is 1.54. The molecule has 0 aliphatic carbocycles. The topological polar surface area (TPSA) is 116 Å². The van der Waals surface area contributed by atoms with Crippen LogP contribution in [0.5, 0.6) is 5.75 Å². The van der Waals surface area contributed by atoms with Gasteiger partial charge in [-0.1, -0.05) is 0 Å². The SMILES string of the molecule is NC(=O)COc1ccc(S(=O)(=O)NCC(c2ccsc2)n2cccn2)cc1. The van der Waals surface area contributed by atoms with Crippen LogP contribution in [0, 0.1) is 0 Å². The van der Waals surface area contributed by atoms with Gasteiger partial charge in [-0.25, -0.2) is 13.1 Å². The van der Waals surface area contributed by atoms with E-state index < -0.39 is 15.9 Å². The number of nitrogens with one attached hydrogen (secondary N) is 1. The number of hydrogen-bond donors (Lipinski definition) is 2. The van der Waals surface area contributed by atoms with Gasteiger partial charge in [0.2, 0.25) is 10.0 Å². The lowest BCUT2D eigenvalue weighted by molar-refractivity contribution is -0.119. The number of ether oxygens (including phenoxy) is 1. The molecule has 1 unspecified atom stereocenters. The maximum Gasteiger partial charge on any atom is 0.255 e. The highest BCUT2D eigenvalue weighted by Gasteiger charge is 2.20. The van der Waals surface area contributed by atoms with Gasteiger partial charge in [0, 0.05) is 18.9 Å². The van der Waals surface area contributed by atoms with Crippen molar-refractivity contribution >= 4 is 27.3 Å². The number of amides is 1. The zero-order valence-corrected chi connectivity index (χ0v) is 15.8. The van der Waals surface area contributed by atoms with Gasteiger partial charge in [0.1, 0.15) is 5.75 Å². The number of nitrogens with two attached hydrogens (primary N) is 1. The number of carbonyl (C=O) groups excluding carboxylic acids is 1. The van der Waals surface area contributed by atoms with Crippen LogP contribution in [0.1, 0.15) is 11.6 Å². The first kappa shape index (κ1) is 19.1. The van der Waals surface area contributed by atoms with Gasteiger partial charge in [-0.3, -0.25) is 9.48 Å². The molecule has 3 N–H and O–H groups in total. The molecular weight excluding hydrogens is 388 g/mol. The van der Waals surface area contributed by atoms with Gasteiger partial charge in [0.25, 0.3) is 5.91 Å². The number of primary amides is 1. The highest BCUT2D eigenvalue weighted by Crippen LogP contribution is 2.21. The minimum absolute atomic E-state index is 0.0958. The van der Waals surface area contributed by atoms with E-state index in [-0.39, 0.29) is 24.1 Å². The number of carbonyl (C=O) groups is 1. The molecule has 0 aliphatic heterocycles. The van der Waals surface area contributed by atoms with Crippen molar-refractivity contribution < 1.29 is 17.9 Å². The van der Waals surface area contributed by atoms with Crippen LogP contribution in [-0.4, -0.2) is 37.3 Å². The average Bonchev–Trinajstić information content (AvgIpc) is 3.35. The van der Waals surface area contributed by atoms with Crippen molar-refractivity contribution in [3.8, 4) is 5.75 Å². The predicted molar refractivity (Wildman–Crippen MR) is 101 cm³/mol.